The summed E-state index contributed by atoms with van der Waals surface area (Å²) in [4.78, 5) is 35.7. The molecular weight excluding hydrogens is 424 g/mol. The van der Waals surface area contributed by atoms with Crippen molar-refractivity contribution >= 4 is 28.8 Å². The van der Waals surface area contributed by atoms with E-state index in [0.717, 1.165) is 50.3 Å². The van der Waals surface area contributed by atoms with Crippen molar-refractivity contribution in [3.63, 3.8) is 0 Å². The Balaban J connectivity index is 1.47. The highest BCUT2D eigenvalue weighted by Gasteiger charge is 2.43. The maximum atomic E-state index is 13.8. The fraction of sp³-hybridized carbons (Fsp3) is 0.429. The largest absolute Gasteiger partial charge is 0.372 e. The number of carbonyl (C=O) groups is 2. The summed E-state index contributed by atoms with van der Waals surface area (Å²) < 4.78 is 0. The van der Waals surface area contributed by atoms with Gasteiger partial charge in [-0.25, -0.2) is 4.90 Å². The van der Waals surface area contributed by atoms with Crippen LogP contribution < -0.4 is 9.80 Å². The fourth-order valence-electron chi connectivity index (χ4n) is 5.47. The van der Waals surface area contributed by atoms with E-state index >= 15 is 0 Å². The van der Waals surface area contributed by atoms with E-state index in [1.807, 2.05) is 61.6 Å². The second-order valence-electron chi connectivity index (χ2n) is 9.74. The average molecular weight is 459 g/mol. The maximum absolute atomic E-state index is 13.8. The van der Waals surface area contributed by atoms with Crippen molar-refractivity contribution < 1.29 is 9.59 Å². The van der Waals surface area contributed by atoms with Gasteiger partial charge in [-0.1, -0.05) is 30.3 Å². The zero-order chi connectivity index (χ0) is 23.7. The summed E-state index contributed by atoms with van der Waals surface area (Å²) in [6.07, 6.45) is 5.66. The summed E-state index contributed by atoms with van der Waals surface area (Å²) in [5.74, 6) is -0.465. The molecule has 0 spiro atoms. The number of carbonyl (C=O) groups excluding carboxylic acids is 2. The standard InChI is InChI=1S/C28H34N4O2/c1-29-19-15-22(16-20-29)30(2)26-25(21-9-5-3-6-10-21)27(33)32(28(26)34)24-13-11-23(12-14-24)31-17-7-4-8-18-31/h3,5-6,9-14,22H,4,7-8,15-20H2,1-2H3. The summed E-state index contributed by atoms with van der Waals surface area (Å²) in [5.41, 5.74) is 3.61. The first-order valence-electron chi connectivity index (χ1n) is 12.5. The first-order chi connectivity index (χ1) is 16.5. The minimum Gasteiger partial charge on any atom is -0.372 e. The van der Waals surface area contributed by atoms with Crippen LogP contribution in [0.15, 0.2) is 60.3 Å². The molecule has 0 unspecified atom stereocenters. The molecule has 178 valence electrons. The number of benzene rings is 2. The molecule has 2 saturated heterocycles. The van der Waals surface area contributed by atoms with Crippen molar-refractivity contribution in [2.45, 2.75) is 38.1 Å². The van der Waals surface area contributed by atoms with Crippen LogP contribution >= 0.6 is 0 Å². The Hall–Kier alpha value is -3.12. The van der Waals surface area contributed by atoms with Gasteiger partial charge in [0.1, 0.15) is 5.70 Å². The highest BCUT2D eigenvalue weighted by molar-refractivity contribution is 6.45. The summed E-state index contributed by atoms with van der Waals surface area (Å²) in [6.45, 7) is 4.11. The molecule has 3 aliphatic rings. The second kappa shape index (κ2) is 9.63. The predicted octanol–water partition coefficient (Wildman–Crippen LogP) is 3.99. The molecule has 0 bridgehead atoms. The first-order valence-corrected chi connectivity index (χ1v) is 12.5. The highest BCUT2D eigenvalue weighted by atomic mass is 16.2. The molecule has 5 rings (SSSR count). The Morgan fingerprint density at radius 1 is 0.765 bits per heavy atom. The topological polar surface area (TPSA) is 47.1 Å². The smallest absolute Gasteiger partial charge is 0.282 e. The Morgan fingerprint density at radius 2 is 1.38 bits per heavy atom. The van der Waals surface area contributed by atoms with Gasteiger partial charge in [0.25, 0.3) is 11.8 Å². The Morgan fingerprint density at radius 3 is 2.03 bits per heavy atom. The minimum atomic E-state index is -0.239. The van der Waals surface area contributed by atoms with E-state index < -0.39 is 0 Å². The molecule has 6 nitrogen and oxygen atoms in total. The van der Waals surface area contributed by atoms with Crippen LogP contribution in [-0.4, -0.2) is 67.9 Å². The van der Waals surface area contributed by atoms with E-state index in [0.29, 0.717) is 17.0 Å². The number of piperidine rings is 2. The summed E-state index contributed by atoms with van der Waals surface area (Å²) in [5, 5.41) is 0. The number of rotatable bonds is 5. The SMILES string of the molecule is CN1CCC(N(C)C2=C(c3ccccc3)C(=O)N(c3ccc(N4CCCCC4)cc3)C2=O)CC1. The molecule has 2 aromatic rings. The number of nitrogens with zero attached hydrogens (tertiary/aromatic N) is 4. The van der Waals surface area contributed by atoms with Gasteiger partial charge in [-0.15, -0.1) is 0 Å². The van der Waals surface area contributed by atoms with Gasteiger partial charge in [-0.3, -0.25) is 9.59 Å². The molecule has 0 aromatic heterocycles. The lowest BCUT2D eigenvalue weighted by molar-refractivity contribution is -0.120. The van der Waals surface area contributed by atoms with Gasteiger partial charge in [0.05, 0.1) is 11.3 Å². The molecule has 2 fully saturated rings. The number of anilines is 2. The zero-order valence-corrected chi connectivity index (χ0v) is 20.2. The van der Waals surface area contributed by atoms with Crippen molar-refractivity contribution in [3.8, 4) is 0 Å². The number of imide groups is 1. The number of amides is 2. The van der Waals surface area contributed by atoms with Crippen molar-refractivity contribution in [1.29, 1.82) is 0 Å². The lowest BCUT2D eigenvalue weighted by atomic mass is 10.0. The molecule has 2 amide bonds. The molecular formula is C28H34N4O2. The average Bonchev–Trinajstić information content (AvgIpc) is 3.15. The maximum Gasteiger partial charge on any atom is 0.282 e. The number of likely N-dealkylation sites (N-methyl/N-ethyl adjacent to an activating group) is 1. The normalized spacial score (nSPS) is 20.4. The number of likely N-dealkylation sites (tertiary alicyclic amines) is 1. The Kier molecular flexibility index (Phi) is 6.42. The minimum absolute atomic E-state index is 0.226. The molecule has 2 aromatic carbocycles. The van der Waals surface area contributed by atoms with Crippen molar-refractivity contribution in [3.05, 3.63) is 65.9 Å². The predicted molar refractivity (Wildman–Crippen MR) is 137 cm³/mol. The van der Waals surface area contributed by atoms with Gasteiger partial charge in [0.15, 0.2) is 0 Å². The number of hydrogen-bond donors (Lipinski definition) is 0. The van der Waals surface area contributed by atoms with Crippen LogP contribution in [0, 0.1) is 0 Å². The van der Waals surface area contributed by atoms with E-state index in [-0.39, 0.29) is 17.9 Å². The van der Waals surface area contributed by atoms with E-state index in [9.17, 15) is 9.59 Å². The monoisotopic (exact) mass is 458 g/mol. The van der Waals surface area contributed by atoms with Crippen LogP contribution in [0.4, 0.5) is 11.4 Å². The fourth-order valence-corrected chi connectivity index (χ4v) is 5.47. The van der Waals surface area contributed by atoms with E-state index in [4.69, 9.17) is 0 Å². The molecule has 0 aliphatic carbocycles. The quantitative estimate of drug-likeness (QED) is 0.634. The van der Waals surface area contributed by atoms with Gasteiger partial charge >= 0.3 is 0 Å². The molecule has 34 heavy (non-hydrogen) atoms. The molecule has 6 heteroatoms. The van der Waals surface area contributed by atoms with Gasteiger partial charge < -0.3 is 14.7 Å². The first kappa shape index (κ1) is 22.7. The lowest BCUT2D eigenvalue weighted by Gasteiger charge is -2.36. The highest BCUT2D eigenvalue weighted by Crippen LogP contribution is 2.36. The molecule has 0 radical (unpaired) electrons. The van der Waals surface area contributed by atoms with Crippen LogP contribution in [0.1, 0.15) is 37.7 Å². The second-order valence-corrected chi connectivity index (χ2v) is 9.74. The summed E-state index contributed by atoms with van der Waals surface area (Å²) in [6, 6.07) is 17.8. The van der Waals surface area contributed by atoms with E-state index in [1.165, 1.54) is 24.2 Å². The van der Waals surface area contributed by atoms with Crippen LogP contribution in [-0.2, 0) is 9.59 Å². The third-order valence-corrected chi connectivity index (χ3v) is 7.54. The van der Waals surface area contributed by atoms with Crippen molar-refractivity contribution in [2.24, 2.45) is 0 Å². The summed E-state index contributed by atoms with van der Waals surface area (Å²) in [7, 11) is 4.10. The third kappa shape index (κ3) is 4.23. The molecule has 0 N–H and O–H groups in total. The molecule has 3 heterocycles. The van der Waals surface area contributed by atoms with Crippen molar-refractivity contribution in [2.75, 3.05) is 50.1 Å². The Labute approximate surface area is 202 Å². The van der Waals surface area contributed by atoms with Crippen LogP contribution in [0.25, 0.3) is 5.57 Å². The lowest BCUT2D eigenvalue weighted by Crippen LogP contribution is -2.43. The van der Waals surface area contributed by atoms with Gasteiger partial charge in [0, 0.05) is 31.9 Å². The third-order valence-electron chi connectivity index (χ3n) is 7.54. The van der Waals surface area contributed by atoms with Crippen LogP contribution in [0.2, 0.25) is 0 Å². The molecule has 0 saturated carbocycles. The molecule has 3 aliphatic heterocycles. The summed E-state index contributed by atoms with van der Waals surface area (Å²) >= 11 is 0. The molecule has 0 atom stereocenters. The van der Waals surface area contributed by atoms with Crippen molar-refractivity contribution in [1.82, 2.24) is 9.80 Å². The van der Waals surface area contributed by atoms with Gasteiger partial charge in [-0.05, 0) is 82.1 Å². The van der Waals surface area contributed by atoms with Gasteiger partial charge in [-0.2, -0.15) is 0 Å². The number of hydrogen-bond acceptors (Lipinski definition) is 5. The van der Waals surface area contributed by atoms with Crippen LogP contribution in [0.3, 0.4) is 0 Å². The van der Waals surface area contributed by atoms with Gasteiger partial charge in [0.2, 0.25) is 0 Å². The van der Waals surface area contributed by atoms with E-state index in [1.54, 1.807) is 0 Å². The van der Waals surface area contributed by atoms with Crippen LogP contribution in [0.5, 0.6) is 0 Å². The Bertz CT molecular complexity index is 1070. The zero-order valence-electron chi connectivity index (χ0n) is 20.2. The van der Waals surface area contributed by atoms with E-state index in [2.05, 4.69) is 21.7 Å².